The second-order valence-electron chi connectivity index (χ2n) is 6.36. The Balaban J connectivity index is 0.00000261. The van der Waals surface area contributed by atoms with Crippen LogP contribution in [0.1, 0.15) is 28.8 Å². The zero-order valence-electron chi connectivity index (χ0n) is 15.2. The molecule has 2 amide bonds. The number of benzene rings is 1. The minimum Gasteiger partial charge on any atom is -0.352 e. The van der Waals surface area contributed by atoms with E-state index in [2.05, 4.69) is 21.0 Å². The lowest BCUT2D eigenvalue weighted by atomic mass is 9.90. The number of carbonyl (C=O) groups is 2. The van der Waals surface area contributed by atoms with Gasteiger partial charge >= 0.3 is 0 Å². The van der Waals surface area contributed by atoms with Gasteiger partial charge in [0.15, 0.2) is 0 Å². The molecule has 9 heteroatoms. The van der Waals surface area contributed by atoms with Crippen LogP contribution in [-0.4, -0.2) is 41.2 Å². The van der Waals surface area contributed by atoms with Crippen LogP contribution in [0.5, 0.6) is 0 Å². The quantitative estimate of drug-likeness (QED) is 0.703. The molecule has 2 atom stereocenters. The molecule has 7 nitrogen and oxygen atoms in total. The number of aryl methyl sites for hydroxylation is 1. The van der Waals surface area contributed by atoms with Gasteiger partial charge in [-0.3, -0.25) is 14.3 Å². The number of anilines is 1. The first kappa shape index (κ1) is 21.2. The van der Waals surface area contributed by atoms with E-state index in [0.717, 1.165) is 5.56 Å². The van der Waals surface area contributed by atoms with Gasteiger partial charge in [0.2, 0.25) is 5.91 Å². The summed E-state index contributed by atoms with van der Waals surface area (Å²) in [4.78, 5) is 25.1. The lowest BCUT2D eigenvalue weighted by Crippen LogP contribution is -2.30. The second-order valence-corrected chi connectivity index (χ2v) is 6.79. The summed E-state index contributed by atoms with van der Waals surface area (Å²) >= 11 is 6.02. The molecule has 3 N–H and O–H groups in total. The average Bonchev–Trinajstić information content (AvgIpc) is 3.25. The van der Waals surface area contributed by atoms with Gasteiger partial charge in [-0.25, -0.2) is 0 Å². The standard InChI is InChI=1S/C18H22ClN5O2.ClH/c1-3-21-17(25)13-6-12(19)4-5-16(13)23-18(26)15-9-20-8-14(15)11-7-22-24(2)10-11;/h4-7,10,14-15,20H,3,8-9H2,1-2H3,(H,21,25)(H,23,26);1H/t14-,15+;/m1./s1. The normalized spacial score (nSPS) is 18.6. The van der Waals surface area contributed by atoms with Gasteiger partial charge < -0.3 is 16.0 Å². The molecule has 0 radical (unpaired) electrons. The van der Waals surface area contributed by atoms with Crippen molar-refractivity contribution in [3.8, 4) is 0 Å². The van der Waals surface area contributed by atoms with Crippen LogP contribution in [0.25, 0.3) is 0 Å². The number of nitrogens with zero attached hydrogens (tertiary/aromatic N) is 2. The Labute approximate surface area is 169 Å². The number of hydrogen-bond acceptors (Lipinski definition) is 4. The van der Waals surface area contributed by atoms with E-state index in [1.165, 1.54) is 0 Å². The lowest BCUT2D eigenvalue weighted by molar-refractivity contribution is -0.119. The highest BCUT2D eigenvalue weighted by molar-refractivity contribution is 6.31. The molecule has 0 spiro atoms. The molecule has 27 heavy (non-hydrogen) atoms. The zero-order chi connectivity index (χ0) is 18.7. The molecule has 3 rings (SSSR count). The number of aromatic nitrogens is 2. The fourth-order valence-electron chi connectivity index (χ4n) is 3.23. The Morgan fingerprint density at radius 1 is 1.37 bits per heavy atom. The smallest absolute Gasteiger partial charge is 0.253 e. The minimum absolute atomic E-state index is 0. The van der Waals surface area contributed by atoms with E-state index in [0.29, 0.717) is 35.9 Å². The van der Waals surface area contributed by atoms with Crippen molar-refractivity contribution in [1.82, 2.24) is 20.4 Å². The lowest BCUT2D eigenvalue weighted by Gasteiger charge is -2.18. The number of hydrogen-bond donors (Lipinski definition) is 3. The van der Waals surface area contributed by atoms with Crippen molar-refractivity contribution in [2.75, 3.05) is 25.0 Å². The molecule has 0 saturated carbocycles. The van der Waals surface area contributed by atoms with Crippen LogP contribution < -0.4 is 16.0 Å². The molecule has 0 unspecified atom stereocenters. The van der Waals surface area contributed by atoms with Crippen molar-refractivity contribution in [3.63, 3.8) is 0 Å². The maximum atomic E-state index is 12.9. The van der Waals surface area contributed by atoms with Gasteiger partial charge in [-0.15, -0.1) is 12.4 Å². The summed E-state index contributed by atoms with van der Waals surface area (Å²) in [6.07, 6.45) is 3.72. The van der Waals surface area contributed by atoms with Gasteiger partial charge in [-0.1, -0.05) is 11.6 Å². The van der Waals surface area contributed by atoms with Gasteiger partial charge in [0.1, 0.15) is 0 Å². The van der Waals surface area contributed by atoms with E-state index in [1.54, 1.807) is 29.1 Å². The molecule has 1 aliphatic heterocycles. The van der Waals surface area contributed by atoms with E-state index >= 15 is 0 Å². The van der Waals surface area contributed by atoms with Crippen LogP contribution in [0.4, 0.5) is 5.69 Å². The van der Waals surface area contributed by atoms with Crippen molar-refractivity contribution in [2.24, 2.45) is 13.0 Å². The SMILES string of the molecule is CCNC(=O)c1cc(Cl)ccc1NC(=O)[C@H]1CNC[C@@H]1c1cnn(C)c1.Cl. The third-order valence-electron chi connectivity index (χ3n) is 4.53. The molecule has 1 fully saturated rings. The minimum atomic E-state index is -0.265. The summed E-state index contributed by atoms with van der Waals surface area (Å²) in [6, 6.07) is 4.88. The first-order valence-electron chi connectivity index (χ1n) is 8.57. The molecular formula is C18H23Cl2N5O2. The van der Waals surface area contributed by atoms with E-state index in [1.807, 2.05) is 20.2 Å². The Morgan fingerprint density at radius 2 is 2.15 bits per heavy atom. The summed E-state index contributed by atoms with van der Waals surface area (Å²) in [5.74, 6) is -0.587. The third-order valence-corrected chi connectivity index (χ3v) is 4.76. The van der Waals surface area contributed by atoms with Gasteiger partial charge in [0, 0.05) is 43.8 Å². The zero-order valence-corrected chi connectivity index (χ0v) is 16.7. The maximum absolute atomic E-state index is 12.9. The molecule has 0 bridgehead atoms. The van der Waals surface area contributed by atoms with Crippen LogP contribution in [-0.2, 0) is 11.8 Å². The Kier molecular flexibility index (Phi) is 7.24. The largest absolute Gasteiger partial charge is 0.352 e. The Hall–Kier alpha value is -2.09. The van der Waals surface area contributed by atoms with Crippen molar-refractivity contribution in [1.29, 1.82) is 0 Å². The molecular weight excluding hydrogens is 389 g/mol. The number of rotatable bonds is 5. The van der Waals surface area contributed by atoms with Crippen molar-refractivity contribution in [3.05, 3.63) is 46.7 Å². The van der Waals surface area contributed by atoms with Crippen LogP contribution in [0, 0.1) is 5.92 Å². The highest BCUT2D eigenvalue weighted by atomic mass is 35.5. The fourth-order valence-corrected chi connectivity index (χ4v) is 3.40. The van der Waals surface area contributed by atoms with Crippen LogP contribution in [0.15, 0.2) is 30.6 Å². The summed E-state index contributed by atoms with van der Waals surface area (Å²) in [5.41, 5.74) is 1.84. The second kappa shape index (κ2) is 9.21. The Bertz CT molecular complexity index is 824. The predicted octanol–water partition coefficient (Wildman–Crippen LogP) is 2.19. The van der Waals surface area contributed by atoms with Crippen molar-refractivity contribution >= 4 is 41.5 Å². The Morgan fingerprint density at radius 3 is 2.81 bits per heavy atom. The summed E-state index contributed by atoms with van der Waals surface area (Å²) < 4.78 is 1.73. The first-order chi connectivity index (χ1) is 12.5. The molecule has 2 heterocycles. The summed E-state index contributed by atoms with van der Waals surface area (Å²) in [6.45, 7) is 3.63. The van der Waals surface area contributed by atoms with Crippen LogP contribution >= 0.6 is 24.0 Å². The topological polar surface area (TPSA) is 88.1 Å². The molecule has 1 aliphatic rings. The first-order valence-corrected chi connectivity index (χ1v) is 8.95. The average molecular weight is 412 g/mol. The monoisotopic (exact) mass is 411 g/mol. The maximum Gasteiger partial charge on any atom is 0.253 e. The number of nitrogens with one attached hydrogen (secondary N) is 3. The predicted molar refractivity (Wildman–Crippen MR) is 108 cm³/mol. The van der Waals surface area contributed by atoms with Crippen LogP contribution in [0.3, 0.4) is 0 Å². The molecule has 2 aromatic rings. The van der Waals surface area contributed by atoms with E-state index in [9.17, 15) is 9.59 Å². The van der Waals surface area contributed by atoms with Crippen molar-refractivity contribution < 1.29 is 9.59 Å². The fraction of sp³-hybridized carbons (Fsp3) is 0.389. The highest BCUT2D eigenvalue weighted by Gasteiger charge is 2.35. The summed E-state index contributed by atoms with van der Waals surface area (Å²) in [5, 5.41) is 13.5. The van der Waals surface area contributed by atoms with Gasteiger partial charge in [-0.05, 0) is 30.7 Å². The molecule has 1 saturated heterocycles. The van der Waals surface area contributed by atoms with Gasteiger partial charge in [0.05, 0.1) is 23.4 Å². The highest BCUT2D eigenvalue weighted by Crippen LogP contribution is 2.30. The number of halogens is 2. The van der Waals surface area contributed by atoms with Crippen molar-refractivity contribution in [2.45, 2.75) is 12.8 Å². The van der Waals surface area contributed by atoms with Crippen LogP contribution in [0.2, 0.25) is 5.02 Å². The number of carbonyl (C=O) groups excluding carboxylic acids is 2. The van der Waals surface area contributed by atoms with E-state index < -0.39 is 0 Å². The molecule has 1 aromatic carbocycles. The van der Waals surface area contributed by atoms with E-state index in [4.69, 9.17) is 11.6 Å². The van der Waals surface area contributed by atoms with E-state index in [-0.39, 0.29) is 36.1 Å². The summed E-state index contributed by atoms with van der Waals surface area (Å²) in [7, 11) is 1.85. The van der Waals surface area contributed by atoms with Gasteiger partial charge in [-0.2, -0.15) is 5.10 Å². The molecule has 1 aromatic heterocycles. The number of amides is 2. The molecule has 0 aliphatic carbocycles. The third kappa shape index (κ3) is 4.80. The van der Waals surface area contributed by atoms with Gasteiger partial charge in [0.25, 0.3) is 5.91 Å². The molecule has 146 valence electrons.